The van der Waals surface area contributed by atoms with Gasteiger partial charge in [0.2, 0.25) is 0 Å². The minimum Gasteiger partial charge on any atom is -0.384 e. The molecule has 0 radical (unpaired) electrons. The first kappa shape index (κ1) is 14.0. The molecule has 1 unspecified atom stereocenters. The molecule has 1 atom stereocenters. The van der Waals surface area contributed by atoms with E-state index in [0.29, 0.717) is 5.92 Å². The molecule has 0 spiro atoms. The van der Waals surface area contributed by atoms with Crippen LogP contribution in [0, 0.1) is 11.8 Å². The van der Waals surface area contributed by atoms with Crippen molar-refractivity contribution in [3.63, 3.8) is 0 Å². The van der Waals surface area contributed by atoms with E-state index in [4.69, 9.17) is 4.74 Å². The van der Waals surface area contributed by atoms with E-state index in [0.717, 1.165) is 25.1 Å². The van der Waals surface area contributed by atoms with Crippen molar-refractivity contribution in [1.29, 1.82) is 0 Å². The summed E-state index contributed by atoms with van der Waals surface area (Å²) in [5, 5.41) is 3.69. The van der Waals surface area contributed by atoms with Crippen LogP contribution in [0.3, 0.4) is 0 Å². The fourth-order valence-corrected chi connectivity index (χ4v) is 2.77. The van der Waals surface area contributed by atoms with Crippen LogP contribution in [0.15, 0.2) is 0 Å². The summed E-state index contributed by atoms with van der Waals surface area (Å²) in [7, 11) is 1.78. The molecule has 1 fully saturated rings. The molecule has 1 saturated carbocycles. The van der Waals surface area contributed by atoms with Crippen LogP contribution in [0.1, 0.15) is 52.4 Å². The number of hydrogen-bond acceptors (Lipinski definition) is 2. The molecule has 1 aliphatic rings. The van der Waals surface area contributed by atoms with Crippen LogP contribution in [0.25, 0.3) is 0 Å². The van der Waals surface area contributed by atoms with Crippen molar-refractivity contribution in [3.8, 4) is 0 Å². The van der Waals surface area contributed by atoms with Gasteiger partial charge in [-0.15, -0.1) is 0 Å². The Morgan fingerprint density at radius 2 is 1.94 bits per heavy atom. The van der Waals surface area contributed by atoms with Gasteiger partial charge in [-0.25, -0.2) is 0 Å². The van der Waals surface area contributed by atoms with E-state index >= 15 is 0 Å². The van der Waals surface area contributed by atoms with Gasteiger partial charge in [-0.3, -0.25) is 0 Å². The molecule has 0 heterocycles. The lowest BCUT2D eigenvalue weighted by Crippen LogP contribution is -2.36. The van der Waals surface area contributed by atoms with E-state index in [-0.39, 0.29) is 0 Å². The molecule has 0 amide bonds. The van der Waals surface area contributed by atoms with Crippen molar-refractivity contribution in [2.24, 2.45) is 11.8 Å². The molecule has 0 saturated heterocycles. The SMILES string of the molecule is CCCC1CCC(NCC(C)COC)CC1. The zero-order valence-corrected chi connectivity index (χ0v) is 11.3. The quantitative estimate of drug-likeness (QED) is 0.721. The number of methoxy groups -OCH3 is 1. The fourth-order valence-electron chi connectivity index (χ4n) is 2.77. The first-order valence-electron chi connectivity index (χ1n) is 6.98. The maximum Gasteiger partial charge on any atom is 0.0499 e. The minimum absolute atomic E-state index is 0.637. The summed E-state index contributed by atoms with van der Waals surface area (Å²) in [4.78, 5) is 0. The number of rotatable bonds is 7. The van der Waals surface area contributed by atoms with Crippen LogP contribution in [-0.4, -0.2) is 26.3 Å². The summed E-state index contributed by atoms with van der Waals surface area (Å²) < 4.78 is 5.15. The second-order valence-electron chi connectivity index (χ2n) is 5.48. The predicted molar refractivity (Wildman–Crippen MR) is 69.7 cm³/mol. The summed E-state index contributed by atoms with van der Waals surface area (Å²) in [5.74, 6) is 1.65. The van der Waals surface area contributed by atoms with Crippen molar-refractivity contribution >= 4 is 0 Å². The van der Waals surface area contributed by atoms with E-state index in [1.165, 1.54) is 38.5 Å². The highest BCUT2D eigenvalue weighted by atomic mass is 16.5. The molecule has 96 valence electrons. The summed E-state index contributed by atoms with van der Waals surface area (Å²) in [5.41, 5.74) is 0. The van der Waals surface area contributed by atoms with Gasteiger partial charge in [0.25, 0.3) is 0 Å². The monoisotopic (exact) mass is 227 g/mol. The van der Waals surface area contributed by atoms with Crippen molar-refractivity contribution in [2.45, 2.75) is 58.4 Å². The lowest BCUT2D eigenvalue weighted by molar-refractivity contribution is 0.154. The molecule has 0 aliphatic heterocycles. The van der Waals surface area contributed by atoms with Gasteiger partial charge >= 0.3 is 0 Å². The summed E-state index contributed by atoms with van der Waals surface area (Å²) in [6, 6.07) is 0.771. The second kappa shape index (κ2) is 8.08. The molecule has 2 heteroatoms. The van der Waals surface area contributed by atoms with Gasteiger partial charge in [-0.1, -0.05) is 26.7 Å². The zero-order valence-electron chi connectivity index (χ0n) is 11.3. The van der Waals surface area contributed by atoms with Crippen LogP contribution in [0.5, 0.6) is 0 Å². The predicted octanol–water partition coefficient (Wildman–Crippen LogP) is 3.22. The molecule has 0 bridgehead atoms. The van der Waals surface area contributed by atoms with Crippen molar-refractivity contribution < 1.29 is 4.74 Å². The van der Waals surface area contributed by atoms with Gasteiger partial charge in [0.15, 0.2) is 0 Å². The molecule has 1 aliphatic carbocycles. The van der Waals surface area contributed by atoms with Crippen LogP contribution in [-0.2, 0) is 4.74 Å². The van der Waals surface area contributed by atoms with Gasteiger partial charge in [0.1, 0.15) is 0 Å². The van der Waals surface area contributed by atoms with Gasteiger partial charge in [-0.05, 0) is 37.5 Å². The lowest BCUT2D eigenvalue weighted by atomic mass is 9.83. The molecule has 1 N–H and O–H groups in total. The summed E-state index contributed by atoms with van der Waals surface area (Å²) in [6.07, 6.45) is 8.42. The second-order valence-corrected chi connectivity index (χ2v) is 5.48. The maximum absolute atomic E-state index is 5.15. The van der Waals surface area contributed by atoms with Gasteiger partial charge in [0.05, 0.1) is 0 Å². The summed E-state index contributed by atoms with van der Waals surface area (Å²) >= 11 is 0. The van der Waals surface area contributed by atoms with Crippen molar-refractivity contribution in [1.82, 2.24) is 5.32 Å². The largest absolute Gasteiger partial charge is 0.384 e. The normalized spacial score (nSPS) is 27.9. The minimum atomic E-state index is 0.637. The number of nitrogens with one attached hydrogen (secondary N) is 1. The Morgan fingerprint density at radius 3 is 2.50 bits per heavy atom. The number of ether oxygens (including phenoxy) is 1. The Morgan fingerprint density at radius 1 is 1.25 bits per heavy atom. The lowest BCUT2D eigenvalue weighted by Gasteiger charge is -2.29. The molecule has 0 aromatic heterocycles. The third-order valence-corrected chi connectivity index (χ3v) is 3.75. The average Bonchev–Trinajstić information content (AvgIpc) is 2.29. The highest BCUT2D eigenvalue weighted by molar-refractivity contribution is 4.77. The molecule has 0 aromatic rings. The van der Waals surface area contributed by atoms with Gasteiger partial charge in [-0.2, -0.15) is 0 Å². The van der Waals surface area contributed by atoms with E-state index < -0.39 is 0 Å². The molecular formula is C14H29NO. The third kappa shape index (κ3) is 5.31. The topological polar surface area (TPSA) is 21.3 Å². The molecule has 16 heavy (non-hydrogen) atoms. The highest BCUT2D eigenvalue weighted by Gasteiger charge is 2.20. The Kier molecular flexibility index (Phi) is 7.06. The third-order valence-electron chi connectivity index (χ3n) is 3.75. The van der Waals surface area contributed by atoms with Crippen LogP contribution in [0.4, 0.5) is 0 Å². The molecular weight excluding hydrogens is 198 g/mol. The van der Waals surface area contributed by atoms with Crippen LogP contribution >= 0.6 is 0 Å². The Labute approximate surface area is 101 Å². The number of hydrogen-bond donors (Lipinski definition) is 1. The van der Waals surface area contributed by atoms with E-state index in [2.05, 4.69) is 19.2 Å². The first-order chi connectivity index (χ1) is 7.76. The Bertz CT molecular complexity index is 164. The van der Waals surface area contributed by atoms with E-state index in [9.17, 15) is 0 Å². The van der Waals surface area contributed by atoms with Crippen molar-refractivity contribution in [2.75, 3.05) is 20.3 Å². The van der Waals surface area contributed by atoms with E-state index in [1.807, 2.05) is 0 Å². The molecule has 0 aromatic carbocycles. The highest BCUT2D eigenvalue weighted by Crippen LogP contribution is 2.27. The zero-order chi connectivity index (χ0) is 11.8. The van der Waals surface area contributed by atoms with Gasteiger partial charge < -0.3 is 10.1 Å². The van der Waals surface area contributed by atoms with Crippen LogP contribution in [0.2, 0.25) is 0 Å². The van der Waals surface area contributed by atoms with Gasteiger partial charge in [0, 0.05) is 26.3 Å². The smallest absolute Gasteiger partial charge is 0.0499 e. The van der Waals surface area contributed by atoms with E-state index in [1.54, 1.807) is 7.11 Å². The first-order valence-corrected chi connectivity index (χ1v) is 6.98. The maximum atomic E-state index is 5.15. The summed E-state index contributed by atoms with van der Waals surface area (Å²) in [6.45, 7) is 6.53. The standard InChI is InChI=1S/C14H29NO/c1-4-5-13-6-8-14(9-7-13)15-10-12(2)11-16-3/h12-15H,4-11H2,1-3H3. The fraction of sp³-hybridized carbons (Fsp3) is 1.00. The Balaban J connectivity index is 2.07. The molecule has 1 rings (SSSR count). The Hall–Kier alpha value is -0.0800. The average molecular weight is 227 g/mol. The molecule has 2 nitrogen and oxygen atoms in total. The van der Waals surface area contributed by atoms with Crippen LogP contribution < -0.4 is 5.32 Å². The van der Waals surface area contributed by atoms with Crippen molar-refractivity contribution in [3.05, 3.63) is 0 Å².